The fourth-order valence-electron chi connectivity index (χ4n) is 3.00. The molecule has 7 nitrogen and oxygen atoms in total. The number of piperidine rings is 1. The van der Waals surface area contributed by atoms with Crippen molar-refractivity contribution in [1.29, 1.82) is 0 Å². The van der Waals surface area contributed by atoms with Gasteiger partial charge in [-0.25, -0.2) is 13.1 Å². The van der Waals surface area contributed by atoms with Crippen molar-refractivity contribution in [2.45, 2.75) is 31.2 Å². The summed E-state index contributed by atoms with van der Waals surface area (Å²) in [6.07, 6.45) is 4.00. The van der Waals surface area contributed by atoms with Crippen LogP contribution in [0.3, 0.4) is 0 Å². The van der Waals surface area contributed by atoms with Gasteiger partial charge in [-0.1, -0.05) is 0 Å². The number of sulfonamides is 1. The molecule has 2 heterocycles. The number of hydrogen-bond acceptors (Lipinski definition) is 4. The van der Waals surface area contributed by atoms with Gasteiger partial charge in [0.15, 0.2) is 0 Å². The van der Waals surface area contributed by atoms with Gasteiger partial charge in [-0.05, 0) is 19.3 Å². The van der Waals surface area contributed by atoms with E-state index in [-0.39, 0.29) is 23.9 Å². The summed E-state index contributed by atoms with van der Waals surface area (Å²) in [7, 11) is -1.52. The average Bonchev–Trinajstić information content (AvgIpc) is 2.65. The number of likely N-dealkylation sites (tertiary alicyclic amines) is 2. The molecule has 20 heavy (non-hydrogen) atoms. The third-order valence-electron chi connectivity index (χ3n) is 4.42. The standard InChI is InChI=1S/C12H21N3O4S/c1-14-10(16)3-4-12(14)5-7-15(8-6-12)11(17)9-13-20(2,18)19/h13H,3-9H2,1-2H3. The molecule has 2 amide bonds. The molecule has 2 aliphatic heterocycles. The molecule has 0 aromatic heterocycles. The average molecular weight is 303 g/mol. The van der Waals surface area contributed by atoms with Crippen LogP contribution < -0.4 is 4.72 Å². The van der Waals surface area contributed by atoms with E-state index in [0.717, 1.165) is 25.5 Å². The molecule has 0 unspecified atom stereocenters. The SMILES string of the molecule is CN1C(=O)CCC12CCN(C(=O)CNS(C)(=O)=O)CC2. The van der Waals surface area contributed by atoms with Gasteiger partial charge in [-0.2, -0.15) is 0 Å². The van der Waals surface area contributed by atoms with Crippen LogP contribution in [0, 0.1) is 0 Å². The second-order valence-electron chi connectivity index (χ2n) is 5.65. The lowest BCUT2D eigenvalue weighted by atomic mass is 9.85. The van der Waals surface area contributed by atoms with Crippen molar-refractivity contribution < 1.29 is 18.0 Å². The fourth-order valence-corrected chi connectivity index (χ4v) is 3.39. The molecule has 0 aliphatic carbocycles. The summed E-state index contributed by atoms with van der Waals surface area (Å²) in [5.74, 6) is -0.0410. The molecule has 0 radical (unpaired) electrons. The van der Waals surface area contributed by atoms with Crippen LogP contribution in [0.15, 0.2) is 0 Å². The lowest BCUT2D eigenvalue weighted by Gasteiger charge is -2.43. The molecule has 1 spiro atoms. The van der Waals surface area contributed by atoms with E-state index in [2.05, 4.69) is 4.72 Å². The van der Waals surface area contributed by atoms with Gasteiger partial charge in [0.05, 0.1) is 12.8 Å². The van der Waals surface area contributed by atoms with E-state index in [1.807, 2.05) is 11.9 Å². The topological polar surface area (TPSA) is 86.8 Å². The number of rotatable bonds is 3. The van der Waals surface area contributed by atoms with E-state index in [9.17, 15) is 18.0 Å². The molecular formula is C12H21N3O4S. The summed E-state index contributed by atoms with van der Waals surface area (Å²) < 4.78 is 24.2. The third kappa shape index (κ3) is 3.12. The Hall–Kier alpha value is -1.15. The largest absolute Gasteiger partial charge is 0.341 e. The van der Waals surface area contributed by atoms with Crippen LogP contribution in [0.1, 0.15) is 25.7 Å². The molecule has 0 saturated carbocycles. The Morgan fingerprint density at radius 2 is 1.90 bits per heavy atom. The van der Waals surface area contributed by atoms with Crippen LogP contribution in [0.2, 0.25) is 0 Å². The van der Waals surface area contributed by atoms with E-state index in [1.54, 1.807) is 4.90 Å². The first-order chi connectivity index (χ1) is 9.23. The van der Waals surface area contributed by atoms with Gasteiger partial charge in [-0.3, -0.25) is 9.59 Å². The van der Waals surface area contributed by atoms with Gasteiger partial charge in [0, 0.05) is 32.1 Å². The third-order valence-corrected chi connectivity index (χ3v) is 5.09. The summed E-state index contributed by atoms with van der Waals surface area (Å²) in [4.78, 5) is 27.0. The fraction of sp³-hybridized carbons (Fsp3) is 0.833. The number of hydrogen-bond donors (Lipinski definition) is 1. The first kappa shape index (κ1) is 15.2. The summed E-state index contributed by atoms with van der Waals surface area (Å²) in [6.45, 7) is 0.949. The highest BCUT2D eigenvalue weighted by molar-refractivity contribution is 7.88. The highest BCUT2D eigenvalue weighted by Crippen LogP contribution is 2.37. The normalized spacial score (nSPS) is 22.6. The quantitative estimate of drug-likeness (QED) is 0.736. The second-order valence-corrected chi connectivity index (χ2v) is 7.48. The molecule has 1 N–H and O–H groups in total. The Balaban J connectivity index is 1.88. The van der Waals surface area contributed by atoms with Crippen molar-refractivity contribution in [1.82, 2.24) is 14.5 Å². The minimum absolute atomic E-state index is 0.0991. The van der Waals surface area contributed by atoms with Crippen LogP contribution >= 0.6 is 0 Å². The van der Waals surface area contributed by atoms with Crippen molar-refractivity contribution in [3.8, 4) is 0 Å². The first-order valence-corrected chi connectivity index (χ1v) is 8.62. The summed E-state index contributed by atoms with van der Waals surface area (Å²) in [5, 5.41) is 0. The van der Waals surface area contributed by atoms with Gasteiger partial charge in [-0.15, -0.1) is 0 Å². The van der Waals surface area contributed by atoms with Crippen molar-refractivity contribution >= 4 is 21.8 Å². The molecule has 2 saturated heterocycles. The van der Waals surface area contributed by atoms with Crippen molar-refractivity contribution in [3.63, 3.8) is 0 Å². The highest BCUT2D eigenvalue weighted by Gasteiger charge is 2.45. The molecule has 8 heteroatoms. The molecule has 2 rings (SSSR count). The van der Waals surface area contributed by atoms with Crippen LogP contribution in [-0.2, 0) is 19.6 Å². The molecule has 2 fully saturated rings. The van der Waals surface area contributed by atoms with Crippen LogP contribution in [0.25, 0.3) is 0 Å². The Kier molecular flexibility index (Phi) is 4.06. The zero-order valence-corrected chi connectivity index (χ0v) is 12.7. The number of nitrogens with one attached hydrogen (secondary N) is 1. The molecule has 0 bridgehead atoms. The van der Waals surface area contributed by atoms with E-state index in [4.69, 9.17) is 0 Å². The smallest absolute Gasteiger partial charge is 0.237 e. The Morgan fingerprint density at radius 1 is 1.30 bits per heavy atom. The van der Waals surface area contributed by atoms with E-state index < -0.39 is 10.0 Å². The minimum Gasteiger partial charge on any atom is -0.341 e. The molecule has 0 atom stereocenters. The summed E-state index contributed by atoms with van der Waals surface area (Å²) in [6, 6.07) is 0. The number of carbonyl (C=O) groups is 2. The Morgan fingerprint density at radius 3 is 2.35 bits per heavy atom. The monoisotopic (exact) mass is 303 g/mol. The zero-order valence-electron chi connectivity index (χ0n) is 11.9. The lowest BCUT2D eigenvalue weighted by Crippen LogP contribution is -2.54. The van der Waals surface area contributed by atoms with Gasteiger partial charge >= 0.3 is 0 Å². The van der Waals surface area contributed by atoms with E-state index in [0.29, 0.717) is 19.5 Å². The van der Waals surface area contributed by atoms with Crippen molar-refractivity contribution in [2.75, 3.05) is 32.9 Å². The van der Waals surface area contributed by atoms with E-state index in [1.165, 1.54) is 0 Å². The molecule has 114 valence electrons. The molecule has 0 aromatic carbocycles. The lowest BCUT2D eigenvalue weighted by molar-refractivity contribution is -0.134. The molecule has 0 aromatic rings. The number of carbonyl (C=O) groups excluding carboxylic acids is 2. The number of amides is 2. The zero-order chi connectivity index (χ0) is 15.0. The van der Waals surface area contributed by atoms with Crippen LogP contribution in [0.4, 0.5) is 0 Å². The molecule has 2 aliphatic rings. The minimum atomic E-state index is -3.35. The predicted octanol–water partition coefficient (Wildman–Crippen LogP) is -0.851. The van der Waals surface area contributed by atoms with Crippen LogP contribution in [-0.4, -0.2) is 68.5 Å². The van der Waals surface area contributed by atoms with Gasteiger partial charge in [0.2, 0.25) is 21.8 Å². The maximum Gasteiger partial charge on any atom is 0.237 e. The maximum atomic E-state index is 11.9. The van der Waals surface area contributed by atoms with Crippen molar-refractivity contribution in [3.05, 3.63) is 0 Å². The first-order valence-electron chi connectivity index (χ1n) is 6.73. The Bertz CT molecular complexity index is 509. The predicted molar refractivity (Wildman–Crippen MR) is 73.4 cm³/mol. The number of nitrogens with zero attached hydrogens (tertiary/aromatic N) is 2. The summed E-state index contributed by atoms with van der Waals surface area (Å²) >= 11 is 0. The van der Waals surface area contributed by atoms with Crippen LogP contribution in [0.5, 0.6) is 0 Å². The molecular weight excluding hydrogens is 282 g/mol. The van der Waals surface area contributed by atoms with E-state index >= 15 is 0 Å². The summed E-state index contributed by atoms with van der Waals surface area (Å²) in [5.41, 5.74) is -0.0991. The van der Waals surface area contributed by atoms with Gasteiger partial charge in [0.1, 0.15) is 0 Å². The maximum absolute atomic E-state index is 11.9. The van der Waals surface area contributed by atoms with Crippen molar-refractivity contribution in [2.24, 2.45) is 0 Å². The highest BCUT2D eigenvalue weighted by atomic mass is 32.2. The van der Waals surface area contributed by atoms with Gasteiger partial charge < -0.3 is 9.80 Å². The van der Waals surface area contributed by atoms with Gasteiger partial charge in [0.25, 0.3) is 0 Å². The second kappa shape index (κ2) is 5.33. The Labute approximate surface area is 119 Å².